The predicted octanol–water partition coefficient (Wildman–Crippen LogP) is 4.95. The van der Waals surface area contributed by atoms with Crippen molar-refractivity contribution in [3.63, 3.8) is 0 Å². The van der Waals surface area contributed by atoms with E-state index in [1.165, 1.54) is 18.9 Å². The van der Waals surface area contributed by atoms with E-state index in [4.69, 9.17) is 11.6 Å². The summed E-state index contributed by atoms with van der Waals surface area (Å²) in [6.07, 6.45) is -0.910. The summed E-state index contributed by atoms with van der Waals surface area (Å²) in [6.45, 7) is 3.71. The normalized spacial score (nSPS) is 20.0. The third-order valence-electron chi connectivity index (χ3n) is 4.53. The minimum Gasteiger partial charge on any atom is -0.314 e. The summed E-state index contributed by atoms with van der Waals surface area (Å²) in [5.41, 5.74) is 0.162. The van der Waals surface area contributed by atoms with E-state index in [9.17, 15) is 13.2 Å². The van der Waals surface area contributed by atoms with Crippen molar-refractivity contribution in [2.24, 2.45) is 5.92 Å². The molecule has 2 aliphatic rings. The molecule has 24 heavy (non-hydrogen) atoms. The van der Waals surface area contributed by atoms with Crippen LogP contribution in [-0.4, -0.2) is 31.1 Å². The molecule has 0 radical (unpaired) electrons. The van der Waals surface area contributed by atoms with Crippen molar-refractivity contribution in [3.05, 3.63) is 34.3 Å². The van der Waals surface area contributed by atoms with Crippen LogP contribution in [0.3, 0.4) is 0 Å². The van der Waals surface area contributed by atoms with Gasteiger partial charge in [0, 0.05) is 32.2 Å². The summed E-state index contributed by atoms with van der Waals surface area (Å²) < 4.78 is 38.6. The van der Waals surface area contributed by atoms with Gasteiger partial charge in [-0.3, -0.25) is 4.90 Å². The molecular formula is C16H22Cl3F3N2. The summed E-state index contributed by atoms with van der Waals surface area (Å²) in [5.74, 6) is 0.709. The predicted molar refractivity (Wildman–Crippen MR) is 95.5 cm³/mol. The molecule has 1 atom stereocenters. The van der Waals surface area contributed by atoms with E-state index in [0.717, 1.165) is 44.2 Å². The van der Waals surface area contributed by atoms with Gasteiger partial charge in [0.05, 0.1) is 10.6 Å². The van der Waals surface area contributed by atoms with Gasteiger partial charge < -0.3 is 5.32 Å². The molecule has 3 rings (SSSR count). The van der Waals surface area contributed by atoms with Crippen LogP contribution in [0.5, 0.6) is 0 Å². The van der Waals surface area contributed by atoms with Crippen molar-refractivity contribution in [2.75, 3.05) is 26.2 Å². The van der Waals surface area contributed by atoms with Crippen LogP contribution in [0.4, 0.5) is 13.2 Å². The van der Waals surface area contributed by atoms with Crippen molar-refractivity contribution < 1.29 is 13.2 Å². The van der Waals surface area contributed by atoms with Crippen LogP contribution >= 0.6 is 36.4 Å². The van der Waals surface area contributed by atoms with Crippen molar-refractivity contribution in [1.82, 2.24) is 10.2 Å². The Hall–Kier alpha value is -0.200. The van der Waals surface area contributed by atoms with Gasteiger partial charge >= 0.3 is 6.18 Å². The summed E-state index contributed by atoms with van der Waals surface area (Å²) in [5, 5.41) is 3.12. The Bertz CT molecular complexity index is 530. The van der Waals surface area contributed by atoms with Gasteiger partial charge in [0.1, 0.15) is 0 Å². The third-order valence-corrected chi connectivity index (χ3v) is 4.84. The lowest BCUT2D eigenvalue weighted by Crippen LogP contribution is -2.45. The zero-order valence-electron chi connectivity index (χ0n) is 13.1. The van der Waals surface area contributed by atoms with Crippen LogP contribution in [-0.2, 0) is 6.18 Å². The van der Waals surface area contributed by atoms with Crippen molar-refractivity contribution in [3.8, 4) is 0 Å². The molecule has 8 heteroatoms. The average molecular weight is 406 g/mol. The lowest BCUT2D eigenvalue weighted by atomic mass is 9.97. The fraction of sp³-hybridized carbons (Fsp3) is 0.625. The molecule has 1 heterocycles. The van der Waals surface area contributed by atoms with Crippen LogP contribution in [0.2, 0.25) is 5.02 Å². The van der Waals surface area contributed by atoms with E-state index in [1.807, 2.05) is 0 Å². The maximum Gasteiger partial charge on any atom is 0.417 e. The zero-order valence-corrected chi connectivity index (χ0v) is 15.5. The highest BCUT2D eigenvalue weighted by molar-refractivity contribution is 6.31. The van der Waals surface area contributed by atoms with Gasteiger partial charge in [0.15, 0.2) is 0 Å². The molecule has 0 bridgehead atoms. The SMILES string of the molecule is Cl.Cl.FC(F)(F)c1ccc([C@@H](CC2CC2)N2CCNCC2)cc1Cl. The third kappa shape index (κ3) is 5.40. The van der Waals surface area contributed by atoms with Gasteiger partial charge in [-0.05, 0) is 30.0 Å². The number of alkyl halides is 3. The number of hydrogen-bond donors (Lipinski definition) is 1. The van der Waals surface area contributed by atoms with Crippen molar-refractivity contribution >= 4 is 36.4 Å². The fourth-order valence-corrected chi connectivity index (χ4v) is 3.42. The Morgan fingerprint density at radius 1 is 1.17 bits per heavy atom. The summed E-state index contributed by atoms with van der Waals surface area (Å²) in [7, 11) is 0. The highest BCUT2D eigenvalue weighted by Gasteiger charge is 2.35. The van der Waals surface area contributed by atoms with E-state index in [1.54, 1.807) is 6.07 Å². The van der Waals surface area contributed by atoms with Gasteiger partial charge in [-0.25, -0.2) is 0 Å². The molecule has 1 aromatic rings. The Morgan fingerprint density at radius 2 is 1.79 bits per heavy atom. The molecule has 1 aliphatic carbocycles. The lowest BCUT2D eigenvalue weighted by molar-refractivity contribution is -0.137. The molecule has 1 aliphatic heterocycles. The maximum atomic E-state index is 12.9. The van der Waals surface area contributed by atoms with Gasteiger partial charge in [-0.1, -0.05) is 30.5 Å². The molecule has 1 aromatic carbocycles. The standard InChI is InChI=1S/C16H20ClF3N2.2ClH/c17-14-10-12(3-4-13(14)16(18,19)20)15(9-11-1-2-11)22-7-5-21-6-8-22;;/h3-4,10-11,15,21H,1-2,5-9H2;2*1H/t15-;;/m1../s1. The molecule has 1 saturated heterocycles. The van der Waals surface area contributed by atoms with Gasteiger partial charge in [0.2, 0.25) is 0 Å². The topological polar surface area (TPSA) is 15.3 Å². The summed E-state index contributed by atoms with van der Waals surface area (Å²) in [6, 6.07) is 4.41. The Labute approximate surface area is 157 Å². The van der Waals surface area contributed by atoms with E-state index in [0.29, 0.717) is 5.92 Å². The van der Waals surface area contributed by atoms with Gasteiger partial charge in [-0.15, -0.1) is 24.8 Å². The molecule has 2 fully saturated rings. The smallest absolute Gasteiger partial charge is 0.314 e. The van der Waals surface area contributed by atoms with Crippen LogP contribution in [0.1, 0.15) is 36.4 Å². The monoisotopic (exact) mass is 404 g/mol. The minimum atomic E-state index is -4.39. The second kappa shape index (κ2) is 8.95. The number of piperazine rings is 1. The van der Waals surface area contributed by atoms with E-state index >= 15 is 0 Å². The molecule has 0 spiro atoms. The largest absolute Gasteiger partial charge is 0.417 e. The number of halogens is 6. The van der Waals surface area contributed by atoms with E-state index < -0.39 is 11.7 Å². The Balaban J connectivity index is 0.00000144. The summed E-state index contributed by atoms with van der Waals surface area (Å²) >= 11 is 5.90. The second-order valence-corrected chi connectivity index (χ2v) is 6.63. The van der Waals surface area contributed by atoms with Gasteiger partial charge in [0.25, 0.3) is 0 Å². The first-order valence-corrected chi connectivity index (χ1v) is 8.14. The number of nitrogens with one attached hydrogen (secondary N) is 1. The van der Waals surface area contributed by atoms with Gasteiger partial charge in [-0.2, -0.15) is 13.2 Å². The Morgan fingerprint density at radius 3 is 2.29 bits per heavy atom. The zero-order chi connectivity index (χ0) is 15.7. The lowest BCUT2D eigenvalue weighted by Gasteiger charge is -2.35. The quantitative estimate of drug-likeness (QED) is 0.762. The van der Waals surface area contributed by atoms with Crippen molar-refractivity contribution in [1.29, 1.82) is 0 Å². The maximum absolute atomic E-state index is 12.9. The molecule has 0 unspecified atom stereocenters. The second-order valence-electron chi connectivity index (χ2n) is 6.22. The molecule has 0 aromatic heterocycles. The van der Waals surface area contributed by atoms with Crippen LogP contribution in [0.15, 0.2) is 18.2 Å². The van der Waals surface area contributed by atoms with E-state index in [2.05, 4.69) is 10.2 Å². The average Bonchev–Trinajstić information content (AvgIpc) is 3.28. The molecule has 1 saturated carbocycles. The van der Waals surface area contributed by atoms with Crippen molar-refractivity contribution in [2.45, 2.75) is 31.5 Å². The first-order chi connectivity index (χ1) is 10.4. The first-order valence-electron chi connectivity index (χ1n) is 7.76. The highest BCUT2D eigenvalue weighted by Crippen LogP contribution is 2.42. The van der Waals surface area contributed by atoms with Crippen LogP contribution < -0.4 is 5.32 Å². The first kappa shape index (κ1) is 21.8. The molecule has 138 valence electrons. The number of hydrogen-bond acceptors (Lipinski definition) is 2. The molecule has 1 N–H and O–H groups in total. The fourth-order valence-electron chi connectivity index (χ4n) is 3.13. The molecule has 0 amide bonds. The number of rotatable bonds is 4. The summed E-state index contributed by atoms with van der Waals surface area (Å²) in [4.78, 5) is 2.37. The molecular weight excluding hydrogens is 384 g/mol. The van der Waals surface area contributed by atoms with Crippen LogP contribution in [0, 0.1) is 5.92 Å². The highest BCUT2D eigenvalue weighted by atomic mass is 35.5. The van der Waals surface area contributed by atoms with Crippen LogP contribution in [0.25, 0.3) is 0 Å². The minimum absolute atomic E-state index is 0. The Kier molecular flexibility index (Phi) is 8.14. The number of nitrogens with zero attached hydrogens (tertiary/aromatic N) is 1. The number of benzene rings is 1. The molecule has 2 nitrogen and oxygen atoms in total. The van der Waals surface area contributed by atoms with E-state index in [-0.39, 0.29) is 35.9 Å².